The van der Waals surface area contributed by atoms with E-state index >= 15 is 0 Å². The number of hydrogen-bond donors (Lipinski definition) is 2. The molecule has 1 heterocycles. The van der Waals surface area contributed by atoms with Gasteiger partial charge in [-0.25, -0.2) is 18.4 Å². The molecular weight excluding hydrogens is 394 g/mol. The van der Waals surface area contributed by atoms with Gasteiger partial charge in [0.1, 0.15) is 4.88 Å². The zero-order valence-corrected chi connectivity index (χ0v) is 16.0. The van der Waals surface area contributed by atoms with Crippen LogP contribution in [0.15, 0.2) is 53.4 Å². The molecule has 8 heteroatoms. The molecule has 0 amide bonds. The predicted octanol–water partition coefficient (Wildman–Crippen LogP) is 4.39. The Morgan fingerprint density at radius 3 is 2.23 bits per heavy atom. The first kappa shape index (κ1) is 18.6. The van der Waals surface area contributed by atoms with Gasteiger partial charge in [0, 0.05) is 15.5 Å². The molecule has 1 aromatic heterocycles. The Labute approximate surface area is 159 Å². The number of primary sulfonamides is 1. The fourth-order valence-corrected chi connectivity index (χ4v) is 4.34. The van der Waals surface area contributed by atoms with E-state index in [4.69, 9.17) is 21.8 Å². The van der Waals surface area contributed by atoms with Crippen LogP contribution in [0.3, 0.4) is 0 Å². The maximum atomic E-state index is 11.4. The van der Waals surface area contributed by atoms with E-state index in [1.54, 1.807) is 24.3 Å². The van der Waals surface area contributed by atoms with Crippen molar-refractivity contribution in [3.8, 4) is 21.6 Å². The van der Waals surface area contributed by atoms with E-state index in [2.05, 4.69) is 0 Å². The zero-order valence-electron chi connectivity index (χ0n) is 13.6. The second-order valence-electron chi connectivity index (χ2n) is 5.69. The van der Waals surface area contributed by atoms with Crippen LogP contribution in [0.5, 0.6) is 0 Å². The van der Waals surface area contributed by atoms with Crippen molar-refractivity contribution in [1.82, 2.24) is 0 Å². The first-order chi connectivity index (χ1) is 12.2. The first-order valence-electron chi connectivity index (χ1n) is 7.43. The monoisotopic (exact) mass is 407 g/mol. The quantitative estimate of drug-likeness (QED) is 0.670. The van der Waals surface area contributed by atoms with E-state index in [0.717, 1.165) is 27.1 Å². The Morgan fingerprint density at radius 1 is 1.08 bits per heavy atom. The average molecular weight is 408 g/mol. The lowest BCUT2D eigenvalue weighted by Crippen LogP contribution is -2.11. The molecule has 0 unspecified atom stereocenters. The molecule has 134 valence electrons. The maximum absolute atomic E-state index is 11.4. The molecule has 0 radical (unpaired) electrons. The van der Waals surface area contributed by atoms with Crippen LogP contribution in [-0.4, -0.2) is 19.5 Å². The molecule has 0 atom stereocenters. The van der Waals surface area contributed by atoms with E-state index in [9.17, 15) is 13.2 Å². The number of carboxylic acids is 1. The molecule has 0 aliphatic heterocycles. The van der Waals surface area contributed by atoms with Gasteiger partial charge in [-0.1, -0.05) is 29.8 Å². The predicted molar refractivity (Wildman–Crippen MR) is 103 cm³/mol. The molecule has 0 bridgehead atoms. The van der Waals surface area contributed by atoms with Gasteiger partial charge in [0.25, 0.3) is 0 Å². The normalized spacial score (nSPS) is 11.5. The summed E-state index contributed by atoms with van der Waals surface area (Å²) in [6, 6.07) is 13.2. The summed E-state index contributed by atoms with van der Waals surface area (Å²) in [6.07, 6.45) is 0. The largest absolute Gasteiger partial charge is 0.477 e. The van der Waals surface area contributed by atoms with Gasteiger partial charge in [0.2, 0.25) is 10.0 Å². The smallest absolute Gasteiger partial charge is 0.345 e. The number of rotatable bonds is 4. The summed E-state index contributed by atoms with van der Waals surface area (Å²) in [5, 5.41) is 14.8. The molecule has 5 nitrogen and oxygen atoms in total. The molecule has 3 aromatic rings. The zero-order chi connectivity index (χ0) is 19.1. The lowest BCUT2D eigenvalue weighted by molar-refractivity contribution is 0.0702. The molecule has 0 saturated carbocycles. The minimum Gasteiger partial charge on any atom is -0.477 e. The third-order valence-electron chi connectivity index (χ3n) is 3.85. The Bertz CT molecular complexity index is 1100. The molecule has 0 fully saturated rings. The average Bonchev–Trinajstić information content (AvgIpc) is 2.97. The van der Waals surface area contributed by atoms with Gasteiger partial charge in [0.05, 0.1) is 4.90 Å². The number of halogens is 1. The third-order valence-corrected chi connectivity index (χ3v) is 6.38. The standard InChI is InChI=1S/C18H14ClNO4S2/c1-10-8-16(18(21)22)25-17(10)12-4-7-15(19)14(9-12)11-2-5-13(6-3-11)26(20,23)24/h2-9H,1H3,(H,21,22)(H2,20,23,24). The fraction of sp³-hybridized carbons (Fsp3) is 0.0556. The SMILES string of the molecule is Cc1cc(C(=O)O)sc1-c1ccc(Cl)c(-c2ccc(S(N)(=O)=O)cc2)c1. The van der Waals surface area contributed by atoms with Crippen LogP contribution in [0.2, 0.25) is 5.02 Å². The van der Waals surface area contributed by atoms with Crippen molar-refractivity contribution in [2.45, 2.75) is 11.8 Å². The topological polar surface area (TPSA) is 97.5 Å². The first-order valence-corrected chi connectivity index (χ1v) is 10.2. The Morgan fingerprint density at radius 2 is 1.69 bits per heavy atom. The molecule has 3 rings (SSSR count). The van der Waals surface area contributed by atoms with Crippen LogP contribution >= 0.6 is 22.9 Å². The van der Waals surface area contributed by atoms with Crippen molar-refractivity contribution in [2.75, 3.05) is 0 Å². The highest BCUT2D eigenvalue weighted by atomic mass is 35.5. The molecular formula is C18H14ClNO4S2. The van der Waals surface area contributed by atoms with Crippen LogP contribution in [-0.2, 0) is 10.0 Å². The van der Waals surface area contributed by atoms with Gasteiger partial charge in [-0.05, 0) is 53.9 Å². The number of hydrogen-bond acceptors (Lipinski definition) is 4. The van der Waals surface area contributed by atoms with Crippen LogP contribution < -0.4 is 5.14 Å². The molecule has 3 N–H and O–H groups in total. The van der Waals surface area contributed by atoms with Gasteiger partial charge < -0.3 is 5.11 Å². The van der Waals surface area contributed by atoms with Crippen molar-refractivity contribution in [3.63, 3.8) is 0 Å². The lowest BCUT2D eigenvalue weighted by Gasteiger charge is -2.09. The summed E-state index contributed by atoms with van der Waals surface area (Å²) in [7, 11) is -3.76. The molecule has 26 heavy (non-hydrogen) atoms. The number of carboxylic acid groups (broad SMARTS) is 1. The van der Waals surface area contributed by atoms with E-state index in [0.29, 0.717) is 5.02 Å². The van der Waals surface area contributed by atoms with E-state index in [1.165, 1.54) is 23.5 Å². The van der Waals surface area contributed by atoms with Gasteiger partial charge >= 0.3 is 5.97 Å². The summed E-state index contributed by atoms with van der Waals surface area (Å²) < 4.78 is 22.8. The number of sulfonamides is 1. The van der Waals surface area contributed by atoms with Crippen molar-refractivity contribution in [1.29, 1.82) is 0 Å². The van der Waals surface area contributed by atoms with Crippen LogP contribution in [0.1, 0.15) is 15.2 Å². The Balaban J connectivity index is 2.07. The highest BCUT2D eigenvalue weighted by Gasteiger charge is 2.15. The summed E-state index contributed by atoms with van der Waals surface area (Å²) >= 11 is 7.51. The van der Waals surface area contributed by atoms with Gasteiger partial charge in [-0.3, -0.25) is 0 Å². The van der Waals surface area contributed by atoms with Crippen molar-refractivity contribution < 1.29 is 18.3 Å². The minimum absolute atomic E-state index is 0.0220. The van der Waals surface area contributed by atoms with E-state index < -0.39 is 16.0 Å². The highest BCUT2D eigenvalue weighted by Crippen LogP contribution is 2.37. The molecule has 2 aromatic carbocycles. The summed E-state index contributed by atoms with van der Waals surface area (Å²) in [5.41, 5.74) is 3.16. The van der Waals surface area contributed by atoms with Gasteiger partial charge in [0.15, 0.2) is 0 Å². The Hall–Kier alpha value is -2.19. The van der Waals surface area contributed by atoms with E-state index in [-0.39, 0.29) is 9.77 Å². The fourth-order valence-electron chi connectivity index (χ4n) is 2.59. The summed E-state index contributed by atoms with van der Waals surface area (Å²) in [4.78, 5) is 12.3. The van der Waals surface area contributed by atoms with Crippen molar-refractivity contribution in [3.05, 3.63) is 64.0 Å². The molecule has 0 saturated heterocycles. The van der Waals surface area contributed by atoms with Crippen LogP contribution in [0, 0.1) is 6.92 Å². The second-order valence-corrected chi connectivity index (χ2v) is 8.71. The number of benzene rings is 2. The molecule has 0 spiro atoms. The Kier molecular flexibility index (Phi) is 4.90. The van der Waals surface area contributed by atoms with Gasteiger partial charge in [-0.15, -0.1) is 11.3 Å². The van der Waals surface area contributed by atoms with Gasteiger partial charge in [-0.2, -0.15) is 0 Å². The van der Waals surface area contributed by atoms with E-state index in [1.807, 2.05) is 19.1 Å². The van der Waals surface area contributed by atoms with Crippen LogP contribution in [0.25, 0.3) is 21.6 Å². The van der Waals surface area contributed by atoms with Crippen molar-refractivity contribution in [2.24, 2.45) is 5.14 Å². The summed E-state index contributed by atoms with van der Waals surface area (Å²) in [6.45, 7) is 1.85. The number of thiophene rings is 1. The number of aryl methyl sites for hydroxylation is 1. The molecule has 0 aliphatic carbocycles. The number of carbonyl (C=O) groups is 1. The second kappa shape index (κ2) is 6.85. The maximum Gasteiger partial charge on any atom is 0.345 e. The molecule has 0 aliphatic rings. The minimum atomic E-state index is -3.76. The number of aromatic carboxylic acids is 1. The lowest BCUT2D eigenvalue weighted by atomic mass is 10.0. The highest BCUT2D eigenvalue weighted by molar-refractivity contribution is 7.89. The van der Waals surface area contributed by atoms with Crippen molar-refractivity contribution >= 4 is 38.9 Å². The summed E-state index contributed by atoms with van der Waals surface area (Å²) in [5.74, 6) is -0.961. The van der Waals surface area contributed by atoms with Crippen LogP contribution in [0.4, 0.5) is 0 Å². The third kappa shape index (κ3) is 3.66. The number of nitrogens with two attached hydrogens (primary N) is 1.